The number of amides is 2. The number of hydrogen-bond donors (Lipinski definition) is 1. The first-order chi connectivity index (χ1) is 14.5. The van der Waals surface area contributed by atoms with Gasteiger partial charge in [-0.25, -0.2) is 4.98 Å². The van der Waals surface area contributed by atoms with E-state index in [0.29, 0.717) is 18.7 Å². The number of carbonyl (C=O) groups is 2. The number of benzene rings is 1. The lowest BCUT2D eigenvalue weighted by atomic mass is 10.0. The first-order valence-corrected chi connectivity index (χ1v) is 10.2. The molecule has 0 bridgehead atoms. The molecule has 3 heterocycles. The number of pyridine rings is 1. The zero-order valence-electron chi connectivity index (χ0n) is 17.4. The highest BCUT2D eigenvalue weighted by atomic mass is 16.3. The Balaban J connectivity index is 1.52. The molecule has 1 aromatic carbocycles. The number of hydrogen-bond acceptors (Lipinski definition) is 4. The fourth-order valence-corrected chi connectivity index (χ4v) is 3.84. The maximum atomic E-state index is 12.8. The van der Waals surface area contributed by atoms with Crippen molar-refractivity contribution in [3.63, 3.8) is 0 Å². The molecule has 2 amide bonds. The minimum absolute atomic E-state index is 0.0129. The van der Waals surface area contributed by atoms with Crippen LogP contribution >= 0.6 is 0 Å². The first kappa shape index (κ1) is 19.9. The van der Waals surface area contributed by atoms with Crippen LogP contribution in [0.15, 0.2) is 47.0 Å². The molecule has 3 aromatic rings. The number of fused-ring (bicyclic) bond motifs is 2. The Hall–Kier alpha value is -3.41. The van der Waals surface area contributed by atoms with Crippen LogP contribution in [0.25, 0.3) is 17.0 Å². The van der Waals surface area contributed by atoms with E-state index in [1.807, 2.05) is 31.2 Å². The van der Waals surface area contributed by atoms with Gasteiger partial charge in [0.05, 0.1) is 6.04 Å². The van der Waals surface area contributed by atoms with E-state index in [-0.39, 0.29) is 17.9 Å². The van der Waals surface area contributed by atoms with Gasteiger partial charge < -0.3 is 14.6 Å². The molecule has 0 spiro atoms. The highest BCUT2D eigenvalue weighted by Crippen LogP contribution is 2.32. The molecular weight excluding hydrogens is 378 g/mol. The molecule has 0 saturated heterocycles. The second kappa shape index (κ2) is 8.14. The van der Waals surface area contributed by atoms with Crippen molar-refractivity contribution < 1.29 is 14.0 Å². The number of furan rings is 1. The maximum Gasteiger partial charge on any atom is 0.246 e. The molecule has 1 aliphatic rings. The zero-order chi connectivity index (χ0) is 21.3. The van der Waals surface area contributed by atoms with Crippen LogP contribution in [-0.4, -0.2) is 28.7 Å². The van der Waals surface area contributed by atoms with Gasteiger partial charge in [-0.15, -0.1) is 0 Å². The van der Waals surface area contributed by atoms with Gasteiger partial charge in [0.15, 0.2) is 0 Å². The molecule has 6 nitrogen and oxygen atoms in total. The van der Waals surface area contributed by atoms with E-state index in [4.69, 9.17) is 4.42 Å². The zero-order valence-corrected chi connectivity index (χ0v) is 17.4. The van der Waals surface area contributed by atoms with Crippen molar-refractivity contribution in [1.29, 1.82) is 0 Å². The third kappa shape index (κ3) is 3.73. The van der Waals surface area contributed by atoms with Crippen molar-refractivity contribution in [3.05, 3.63) is 65.1 Å². The summed E-state index contributed by atoms with van der Waals surface area (Å²) in [6, 6.07) is 9.74. The second-order valence-electron chi connectivity index (χ2n) is 7.58. The molecule has 0 saturated carbocycles. The van der Waals surface area contributed by atoms with Crippen LogP contribution in [0.4, 0.5) is 5.82 Å². The Morgan fingerprint density at radius 1 is 1.33 bits per heavy atom. The van der Waals surface area contributed by atoms with Crippen LogP contribution in [-0.2, 0) is 22.4 Å². The van der Waals surface area contributed by atoms with Gasteiger partial charge in [-0.1, -0.05) is 25.1 Å². The summed E-state index contributed by atoms with van der Waals surface area (Å²) < 4.78 is 6.09. The predicted molar refractivity (Wildman–Crippen MR) is 117 cm³/mol. The van der Waals surface area contributed by atoms with E-state index in [2.05, 4.69) is 23.3 Å². The summed E-state index contributed by atoms with van der Waals surface area (Å²) in [6.45, 7) is 4.08. The Morgan fingerprint density at radius 2 is 2.13 bits per heavy atom. The fraction of sp³-hybridized carbons (Fsp3) is 0.292. The Bertz CT molecular complexity index is 1150. The number of aryl methyl sites for hydroxylation is 2. The van der Waals surface area contributed by atoms with Crippen LogP contribution in [0.1, 0.15) is 48.8 Å². The van der Waals surface area contributed by atoms with E-state index < -0.39 is 0 Å². The highest BCUT2D eigenvalue weighted by Gasteiger charge is 2.23. The van der Waals surface area contributed by atoms with Crippen LogP contribution in [0.2, 0.25) is 0 Å². The molecule has 0 fully saturated rings. The van der Waals surface area contributed by atoms with Gasteiger partial charge in [0.1, 0.15) is 17.2 Å². The third-order valence-electron chi connectivity index (χ3n) is 5.68. The summed E-state index contributed by atoms with van der Waals surface area (Å²) in [5, 5.41) is 3.87. The summed E-state index contributed by atoms with van der Waals surface area (Å²) in [4.78, 5) is 30.2. The summed E-state index contributed by atoms with van der Waals surface area (Å²) >= 11 is 0. The van der Waals surface area contributed by atoms with Crippen LogP contribution < -0.4 is 5.32 Å². The quantitative estimate of drug-likeness (QED) is 0.636. The van der Waals surface area contributed by atoms with E-state index >= 15 is 0 Å². The van der Waals surface area contributed by atoms with E-state index in [9.17, 15) is 9.59 Å². The number of aromatic nitrogens is 1. The standard InChI is InChI=1S/C24H25N3O3/c1-4-18-19-7-5-6-8-20(19)30-23(18)15(2)27(3)22(29)12-9-16-13-17-10-11-21(28)26-24(17)25-14-16/h5-9,12-15H,4,10-11H2,1-3H3,(H,25,26,28)/t15-/m1/s1. The van der Waals surface area contributed by atoms with Crippen LogP contribution in [0.5, 0.6) is 0 Å². The van der Waals surface area contributed by atoms with Gasteiger partial charge >= 0.3 is 0 Å². The minimum Gasteiger partial charge on any atom is -0.459 e. The molecule has 0 unspecified atom stereocenters. The minimum atomic E-state index is -0.193. The van der Waals surface area contributed by atoms with Crippen molar-refractivity contribution >= 4 is 34.7 Å². The van der Waals surface area contributed by atoms with Crippen molar-refractivity contribution in [1.82, 2.24) is 9.88 Å². The third-order valence-corrected chi connectivity index (χ3v) is 5.68. The molecular formula is C24H25N3O3. The second-order valence-corrected chi connectivity index (χ2v) is 7.58. The lowest BCUT2D eigenvalue weighted by molar-refractivity contribution is -0.126. The lowest BCUT2D eigenvalue weighted by Crippen LogP contribution is -2.28. The van der Waals surface area contributed by atoms with Crippen LogP contribution in [0, 0.1) is 0 Å². The van der Waals surface area contributed by atoms with Crippen molar-refractivity contribution in [3.8, 4) is 0 Å². The summed E-state index contributed by atoms with van der Waals surface area (Å²) in [7, 11) is 1.78. The molecule has 30 heavy (non-hydrogen) atoms. The van der Waals surface area contributed by atoms with Crippen LogP contribution in [0.3, 0.4) is 0 Å². The monoisotopic (exact) mass is 403 g/mol. The van der Waals surface area contributed by atoms with Gasteiger partial charge in [0.25, 0.3) is 0 Å². The topological polar surface area (TPSA) is 75.4 Å². The summed E-state index contributed by atoms with van der Waals surface area (Å²) in [5.74, 6) is 1.31. The van der Waals surface area contributed by atoms with Crippen molar-refractivity contribution in [2.45, 2.75) is 39.2 Å². The summed E-state index contributed by atoms with van der Waals surface area (Å²) in [6.07, 6.45) is 6.92. The van der Waals surface area contributed by atoms with Gasteiger partial charge in [0.2, 0.25) is 11.8 Å². The van der Waals surface area contributed by atoms with Gasteiger partial charge in [-0.3, -0.25) is 9.59 Å². The smallest absolute Gasteiger partial charge is 0.246 e. The molecule has 0 aliphatic carbocycles. The van der Waals surface area contributed by atoms with E-state index in [1.54, 1.807) is 30.3 Å². The molecule has 1 aliphatic heterocycles. The molecule has 1 N–H and O–H groups in total. The molecule has 2 aromatic heterocycles. The average molecular weight is 403 g/mol. The van der Waals surface area contributed by atoms with Gasteiger partial charge in [0, 0.05) is 36.7 Å². The SMILES string of the molecule is CCc1c([C@@H](C)N(C)C(=O)C=Cc2cnc3c(c2)CCC(=O)N3)oc2ccccc12. The fourth-order valence-electron chi connectivity index (χ4n) is 3.84. The molecule has 154 valence electrons. The Labute approximate surface area is 175 Å². The number of rotatable bonds is 5. The largest absolute Gasteiger partial charge is 0.459 e. The number of anilines is 1. The predicted octanol–water partition coefficient (Wildman–Crippen LogP) is 4.51. The highest BCUT2D eigenvalue weighted by molar-refractivity contribution is 5.94. The molecule has 4 rings (SSSR count). The van der Waals surface area contributed by atoms with E-state index in [0.717, 1.165) is 39.8 Å². The van der Waals surface area contributed by atoms with Gasteiger partial charge in [-0.05, 0) is 49.1 Å². The Kier molecular flexibility index (Phi) is 5.40. The number of nitrogens with one attached hydrogen (secondary N) is 1. The number of nitrogens with zero attached hydrogens (tertiary/aromatic N) is 2. The average Bonchev–Trinajstić information content (AvgIpc) is 3.15. The molecule has 6 heteroatoms. The first-order valence-electron chi connectivity index (χ1n) is 10.2. The van der Waals surface area contributed by atoms with Crippen molar-refractivity contribution in [2.75, 3.05) is 12.4 Å². The number of carbonyl (C=O) groups excluding carboxylic acids is 2. The number of likely N-dealkylation sites (N-methyl/N-ethyl adjacent to an activating group) is 1. The Morgan fingerprint density at radius 3 is 2.93 bits per heavy atom. The van der Waals surface area contributed by atoms with Gasteiger partial charge in [-0.2, -0.15) is 0 Å². The molecule has 0 radical (unpaired) electrons. The summed E-state index contributed by atoms with van der Waals surface area (Å²) in [5.41, 5.74) is 3.81. The maximum absolute atomic E-state index is 12.8. The van der Waals surface area contributed by atoms with Crippen molar-refractivity contribution in [2.24, 2.45) is 0 Å². The number of para-hydroxylation sites is 1. The molecule has 1 atom stereocenters. The lowest BCUT2D eigenvalue weighted by Gasteiger charge is -2.23. The normalized spacial score (nSPS) is 14.6. The van der Waals surface area contributed by atoms with E-state index in [1.165, 1.54) is 0 Å².